The number of halogens is 2. The van der Waals surface area contributed by atoms with Gasteiger partial charge in [0.1, 0.15) is 12.4 Å². The second kappa shape index (κ2) is 5.14. The van der Waals surface area contributed by atoms with Crippen LogP contribution in [0.25, 0.3) is 11.5 Å². The second-order valence-electron chi connectivity index (χ2n) is 3.08. The van der Waals surface area contributed by atoms with Gasteiger partial charge < -0.3 is 4.42 Å². The molecule has 0 saturated heterocycles. The normalized spacial score (nSPS) is 9.76. The quantitative estimate of drug-likeness (QED) is 0.619. The van der Waals surface area contributed by atoms with E-state index < -0.39 is 11.6 Å². The van der Waals surface area contributed by atoms with Gasteiger partial charge >= 0.3 is 5.76 Å². The summed E-state index contributed by atoms with van der Waals surface area (Å²) in [6.45, 7) is 0.125. The van der Waals surface area contributed by atoms with Gasteiger partial charge in [-0.25, -0.2) is 9.18 Å². The van der Waals surface area contributed by atoms with Gasteiger partial charge in [0.15, 0.2) is 0 Å². The predicted molar refractivity (Wildman–Crippen MR) is 68.0 cm³/mol. The van der Waals surface area contributed by atoms with Crippen LogP contribution in [0.5, 0.6) is 0 Å². The van der Waals surface area contributed by atoms with E-state index in [-0.39, 0.29) is 18.0 Å². The molecule has 2 rings (SSSR count). The fraction of sp³-hybridized carbons (Fsp3) is 0.0909. The zero-order valence-electron chi connectivity index (χ0n) is 8.48. The van der Waals surface area contributed by atoms with E-state index in [1.807, 2.05) is 22.6 Å². The Hall–Kier alpha value is -1.62. The lowest BCUT2D eigenvalue weighted by atomic mass is 10.2. The molecule has 17 heavy (non-hydrogen) atoms. The van der Waals surface area contributed by atoms with E-state index in [1.165, 1.54) is 12.1 Å². The van der Waals surface area contributed by atoms with Crippen LogP contribution < -0.4 is 5.76 Å². The highest BCUT2D eigenvalue weighted by atomic mass is 127. The molecule has 0 aliphatic carbocycles. The van der Waals surface area contributed by atoms with E-state index in [2.05, 4.69) is 14.9 Å². The third-order valence-corrected chi connectivity index (χ3v) is 2.39. The molecule has 2 aromatic rings. The zero-order chi connectivity index (χ0) is 12.3. The molecule has 0 saturated carbocycles. The second-order valence-corrected chi connectivity index (χ2v) is 3.62. The van der Waals surface area contributed by atoms with Gasteiger partial charge in [-0.2, -0.15) is 4.68 Å². The number of nitrogens with zero attached hydrogens (tertiary/aromatic N) is 2. The van der Waals surface area contributed by atoms with Gasteiger partial charge in [0.05, 0.1) is 5.56 Å². The Balaban J connectivity index is 2.44. The van der Waals surface area contributed by atoms with Crippen molar-refractivity contribution in [2.75, 3.05) is 0 Å². The van der Waals surface area contributed by atoms with Gasteiger partial charge in [0, 0.05) is 22.6 Å². The molecule has 4 nitrogen and oxygen atoms in total. The Kier molecular flexibility index (Phi) is 3.58. The average Bonchev–Trinajstić information content (AvgIpc) is 2.68. The summed E-state index contributed by atoms with van der Waals surface area (Å²) in [6, 6.07) is 5.96. The molecule has 0 spiro atoms. The molecule has 1 aromatic heterocycles. The third-order valence-electron chi connectivity index (χ3n) is 2.01. The predicted octanol–water partition coefficient (Wildman–Crippen LogP) is 2.04. The van der Waals surface area contributed by atoms with Gasteiger partial charge in [-0.3, -0.25) is 0 Å². The number of benzene rings is 1. The lowest BCUT2D eigenvalue weighted by Gasteiger charge is -1.94. The first kappa shape index (κ1) is 11.9. The first-order chi connectivity index (χ1) is 8.22. The minimum Gasteiger partial charge on any atom is -0.387 e. The Morgan fingerprint density at radius 3 is 2.94 bits per heavy atom. The van der Waals surface area contributed by atoms with E-state index in [9.17, 15) is 9.18 Å². The van der Waals surface area contributed by atoms with Gasteiger partial charge in [-0.15, -0.1) is 5.10 Å². The molecule has 0 bridgehead atoms. The van der Waals surface area contributed by atoms with Crippen LogP contribution in [0, 0.1) is 15.7 Å². The van der Waals surface area contributed by atoms with Crippen molar-refractivity contribution in [3.05, 3.63) is 40.6 Å². The minimum absolute atomic E-state index is 0.0386. The summed E-state index contributed by atoms with van der Waals surface area (Å²) >= 11 is 1.85. The molecule has 0 aliphatic heterocycles. The van der Waals surface area contributed by atoms with Crippen LogP contribution in [0.1, 0.15) is 0 Å². The molecule has 86 valence electrons. The van der Waals surface area contributed by atoms with Crippen LogP contribution in [-0.2, 0) is 6.54 Å². The standard InChI is InChI=1S/C11H6FIN2O2/c12-9-5-2-1-4-8(9)10-14-15(7-3-6-13)11(16)17-10/h1-2,4-5H,7H2. The SMILES string of the molecule is O=c1oc(-c2ccccc2F)nn1CC#CI. The Morgan fingerprint density at radius 2 is 2.24 bits per heavy atom. The molecule has 0 fully saturated rings. The first-order valence-electron chi connectivity index (χ1n) is 4.63. The summed E-state index contributed by atoms with van der Waals surface area (Å²) < 4.78 is 21.9. The van der Waals surface area contributed by atoms with Crippen molar-refractivity contribution in [1.82, 2.24) is 9.78 Å². The fourth-order valence-corrected chi connectivity index (χ4v) is 1.42. The van der Waals surface area contributed by atoms with Crippen molar-refractivity contribution in [1.29, 1.82) is 0 Å². The van der Waals surface area contributed by atoms with Crippen LogP contribution in [0.2, 0.25) is 0 Å². The van der Waals surface area contributed by atoms with Crippen LogP contribution in [0.15, 0.2) is 33.5 Å². The number of aromatic nitrogens is 2. The summed E-state index contributed by atoms with van der Waals surface area (Å²) in [7, 11) is 0. The zero-order valence-corrected chi connectivity index (χ0v) is 10.6. The lowest BCUT2D eigenvalue weighted by molar-refractivity contribution is 0.496. The van der Waals surface area contributed by atoms with Crippen LogP contribution in [0.3, 0.4) is 0 Å². The summed E-state index contributed by atoms with van der Waals surface area (Å²) in [4.78, 5) is 11.4. The molecule has 0 atom stereocenters. The topological polar surface area (TPSA) is 48.0 Å². The first-order valence-corrected chi connectivity index (χ1v) is 5.71. The maximum absolute atomic E-state index is 13.4. The lowest BCUT2D eigenvalue weighted by Crippen LogP contribution is -2.14. The molecule has 0 N–H and O–H groups in total. The van der Waals surface area contributed by atoms with Gasteiger partial charge in [0.2, 0.25) is 0 Å². The van der Waals surface area contributed by atoms with E-state index in [0.717, 1.165) is 4.68 Å². The summed E-state index contributed by atoms with van der Waals surface area (Å²) in [5.41, 5.74) is 0.158. The van der Waals surface area contributed by atoms with Gasteiger partial charge in [-0.05, 0) is 16.1 Å². The monoisotopic (exact) mass is 344 g/mol. The molecule has 1 aromatic carbocycles. The molecule has 0 amide bonds. The maximum Gasteiger partial charge on any atom is 0.438 e. The number of hydrogen-bond donors (Lipinski definition) is 0. The van der Waals surface area contributed by atoms with E-state index in [1.54, 1.807) is 12.1 Å². The van der Waals surface area contributed by atoms with Crippen molar-refractivity contribution < 1.29 is 8.81 Å². The Bertz CT molecular complexity index is 651. The van der Waals surface area contributed by atoms with E-state index in [0.29, 0.717) is 0 Å². The van der Waals surface area contributed by atoms with Crippen LogP contribution in [-0.4, -0.2) is 9.78 Å². The van der Waals surface area contributed by atoms with E-state index in [4.69, 9.17) is 4.42 Å². The van der Waals surface area contributed by atoms with Crippen molar-refractivity contribution in [3.63, 3.8) is 0 Å². The summed E-state index contributed by atoms with van der Waals surface area (Å²) in [5, 5.41) is 3.87. The van der Waals surface area contributed by atoms with Crippen LogP contribution in [0.4, 0.5) is 4.39 Å². The fourth-order valence-electron chi connectivity index (χ4n) is 1.25. The third kappa shape index (κ3) is 2.55. The Labute approximate surface area is 110 Å². The minimum atomic E-state index is -0.651. The van der Waals surface area contributed by atoms with Crippen molar-refractivity contribution in [2.24, 2.45) is 0 Å². The number of hydrogen-bond acceptors (Lipinski definition) is 3. The van der Waals surface area contributed by atoms with Gasteiger partial charge in [0.25, 0.3) is 5.89 Å². The Morgan fingerprint density at radius 1 is 1.47 bits per heavy atom. The largest absolute Gasteiger partial charge is 0.438 e. The summed E-state index contributed by atoms with van der Waals surface area (Å²) in [5.74, 6) is 1.49. The molecular formula is C11H6FIN2O2. The smallest absolute Gasteiger partial charge is 0.387 e. The van der Waals surface area contributed by atoms with Crippen molar-refractivity contribution >= 4 is 22.6 Å². The molecule has 1 heterocycles. The highest BCUT2D eigenvalue weighted by molar-refractivity contribution is 14.1. The average molecular weight is 344 g/mol. The molecular weight excluding hydrogens is 338 g/mol. The molecule has 6 heteroatoms. The highest BCUT2D eigenvalue weighted by Gasteiger charge is 2.12. The highest BCUT2D eigenvalue weighted by Crippen LogP contribution is 2.18. The number of rotatable bonds is 2. The van der Waals surface area contributed by atoms with E-state index >= 15 is 0 Å². The molecule has 0 aliphatic rings. The van der Waals surface area contributed by atoms with Crippen molar-refractivity contribution in [2.45, 2.75) is 6.54 Å². The maximum atomic E-state index is 13.4. The van der Waals surface area contributed by atoms with Gasteiger partial charge in [-0.1, -0.05) is 18.1 Å². The van der Waals surface area contributed by atoms with Crippen LogP contribution >= 0.6 is 22.6 Å². The summed E-state index contributed by atoms with van der Waals surface area (Å²) in [6.07, 6.45) is 0. The molecule has 0 unspecified atom stereocenters. The van der Waals surface area contributed by atoms with Crippen molar-refractivity contribution in [3.8, 4) is 21.3 Å². The molecule has 0 radical (unpaired) electrons.